The molecule has 1 aliphatic heterocycles. The second-order valence-electron chi connectivity index (χ2n) is 6.14. The van der Waals surface area contributed by atoms with Crippen molar-refractivity contribution in [3.05, 3.63) is 29.8 Å². The van der Waals surface area contributed by atoms with Crippen LogP contribution in [-0.2, 0) is 19.9 Å². The van der Waals surface area contributed by atoms with Gasteiger partial charge in [-0.3, -0.25) is 0 Å². The van der Waals surface area contributed by atoms with Crippen LogP contribution in [0.3, 0.4) is 0 Å². The van der Waals surface area contributed by atoms with E-state index in [1.807, 2.05) is 13.8 Å². The third kappa shape index (κ3) is 3.76. The lowest BCUT2D eigenvalue weighted by Gasteiger charge is -2.28. The van der Waals surface area contributed by atoms with E-state index in [2.05, 4.69) is 0 Å². The van der Waals surface area contributed by atoms with Crippen molar-refractivity contribution >= 4 is 19.9 Å². The maximum atomic E-state index is 12.8. The molecule has 0 unspecified atom stereocenters. The molecule has 1 heterocycles. The summed E-state index contributed by atoms with van der Waals surface area (Å²) in [6, 6.07) is 5.65. The highest BCUT2D eigenvalue weighted by atomic mass is 32.2. The smallest absolute Gasteiger partial charge is 0.243 e. The Kier molecular flexibility index (Phi) is 5.20. The molecule has 1 N–H and O–H groups in total. The number of hydrogen-bond donors (Lipinski definition) is 1. The summed E-state index contributed by atoms with van der Waals surface area (Å²) in [5.41, 5.74) is 1.02. The summed E-state index contributed by atoms with van der Waals surface area (Å²) in [5, 5.41) is 9.97. The topological polar surface area (TPSA) is 91.8 Å². The second-order valence-corrected chi connectivity index (χ2v) is 10.2. The van der Waals surface area contributed by atoms with Gasteiger partial charge in [-0.25, -0.2) is 16.8 Å². The second kappa shape index (κ2) is 6.51. The molecule has 1 aromatic carbocycles. The number of likely N-dealkylation sites (N-methyl/N-ethyl adjacent to an activating group) is 1. The van der Waals surface area contributed by atoms with Gasteiger partial charge in [0, 0.05) is 6.54 Å². The van der Waals surface area contributed by atoms with Gasteiger partial charge in [0.15, 0.2) is 9.84 Å². The van der Waals surface area contributed by atoms with E-state index in [9.17, 15) is 21.9 Å². The molecule has 1 saturated heterocycles. The van der Waals surface area contributed by atoms with Crippen LogP contribution in [0.1, 0.15) is 32.3 Å². The Morgan fingerprint density at radius 3 is 2.17 bits per heavy atom. The summed E-state index contributed by atoms with van der Waals surface area (Å²) < 4.78 is 50.1. The van der Waals surface area contributed by atoms with Crippen LogP contribution in [0.15, 0.2) is 29.2 Å². The lowest BCUT2D eigenvalue weighted by Crippen LogP contribution is -2.46. The zero-order valence-electron chi connectivity index (χ0n) is 13.5. The van der Waals surface area contributed by atoms with Gasteiger partial charge in [-0.05, 0) is 23.6 Å². The summed E-state index contributed by atoms with van der Waals surface area (Å²) in [7, 11) is -7.27. The minimum Gasteiger partial charge on any atom is -0.390 e. The number of sulfonamides is 1. The molecule has 0 saturated carbocycles. The van der Waals surface area contributed by atoms with Crippen LogP contribution in [0.2, 0.25) is 0 Å². The lowest BCUT2D eigenvalue weighted by atomic mass is 10.0. The highest BCUT2D eigenvalue weighted by Crippen LogP contribution is 2.26. The summed E-state index contributed by atoms with van der Waals surface area (Å²) in [6.45, 7) is 5.77. The molecule has 1 aliphatic rings. The van der Waals surface area contributed by atoms with Gasteiger partial charge in [0.05, 0.1) is 28.5 Å². The quantitative estimate of drug-likeness (QED) is 0.844. The van der Waals surface area contributed by atoms with E-state index in [1.165, 1.54) is 12.1 Å². The number of nitrogens with zero attached hydrogens (tertiary/aromatic N) is 1. The molecule has 1 aromatic rings. The fraction of sp³-hybridized carbons (Fsp3) is 0.600. The molecule has 1 fully saturated rings. The Balaban J connectivity index is 2.36. The van der Waals surface area contributed by atoms with Crippen LogP contribution < -0.4 is 0 Å². The first-order valence-electron chi connectivity index (χ1n) is 7.59. The van der Waals surface area contributed by atoms with Gasteiger partial charge in [0.1, 0.15) is 0 Å². The number of benzene rings is 1. The van der Waals surface area contributed by atoms with Crippen LogP contribution in [0, 0.1) is 0 Å². The first-order valence-corrected chi connectivity index (χ1v) is 10.8. The van der Waals surface area contributed by atoms with Crippen molar-refractivity contribution in [3.63, 3.8) is 0 Å². The Hall–Kier alpha value is -0.960. The third-order valence-electron chi connectivity index (χ3n) is 4.13. The average Bonchev–Trinajstić information content (AvgIpc) is 2.72. The van der Waals surface area contributed by atoms with Gasteiger partial charge in [-0.2, -0.15) is 4.31 Å². The van der Waals surface area contributed by atoms with Gasteiger partial charge in [0.25, 0.3) is 0 Å². The molecule has 0 amide bonds. The molecule has 8 heteroatoms. The van der Waals surface area contributed by atoms with Crippen molar-refractivity contribution in [2.45, 2.75) is 43.7 Å². The number of sulfone groups is 1. The zero-order chi connectivity index (χ0) is 17.4. The molecule has 130 valence electrons. The fourth-order valence-electron chi connectivity index (χ4n) is 2.83. The molecular weight excluding hydrogens is 338 g/mol. The maximum Gasteiger partial charge on any atom is 0.243 e. The molecule has 0 spiro atoms. The monoisotopic (exact) mass is 361 g/mol. The van der Waals surface area contributed by atoms with Crippen molar-refractivity contribution < 1.29 is 21.9 Å². The molecule has 0 aliphatic carbocycles. The number of rotatable bonds is 5. The number of hydrogen-bond acceptors (Lipinski definition) is 5. The van der Waals surface area contributed by atoms with E-state index in [0.29, 0.717) is 0 Å². The minimum absolute atomic E-state index is 0.103. The summed E-state index contributed by atoms with van der Waals surface area (Å²) in [4.78, 5) is 0.111. The van der Waals surface area contributed by atoms with Crippen molar-refractivity contribution in [1.82, 2.24) is 4.31 Å². The normalized spacial score (nSPS) is 24.4. The maximum absolute atomic E-state index is 12.8. The molecule has 2 atom stereocenters. The summed E-state index contributed by atoms with van der Waals surface area (Å²) in [6.07, 6.45) is -1.19. The van der Waals surface area contributed by atoms with Crippen LogP contribution in [0.5, 0.6) is 0 Å². The zero-order valence-corrected chi connectivity index (χ0v) is 15.1. The molecule has 0 radical (unpaired) electrons. The van der Waals surface area contributed by atoms with Gasteiger partial charge in [-0.15, -0.1) is 0 Å². The van der Waals surface area contributed by atoms with Crippen molar-refractivity contribution in [2.24, 2.45) is 0 Å². The molecule has 23 heavy (non-hydrogen) atoms. The first kappa shape index (κ1) is 18.4. The first-order chi connectivity index (χ1) is 10.6. The van der Waals surface area contributed by atoms with Crippen LogP contribution in [0.25, 0.3) is 0 Å². The van der Waals surface area contributed by atoms with E-state index < -0.39 is 37.8 Å². The molecule has 2 rings (SSSR count). The van der Waals surface area contributed by atoms with E-state index in [0.717, 1.165) is 9.87 Å². The van der Waals surface area contributed by atoms with Gasteiger partial charge in [-0.1, -0.05) is 32.9 Å². The van der Waals surface area contributed by atoms with Crippen LogP contribution in [0.4, 0.5) is 0 Å². The van der Waals surface area contributed by atoms with E-state index in [1.54, 1.807) is 19.1 Å². The Bertz CT molecular complexity index is 754. The summed E-state index contributed by atoms with van der Waals surface area (Å²) >= 11 is 0. The molecular formula is C15H23NO5S2. The van der Waals surface area contributed by atoms with E-state index in [4.69, 9.17) is 0 Å². The van der Waals surface area contributed by atoms with E-state index in [-0.39, 0.29) is 23.1 Å². The summed E-state index contributed by atoms with van der Waals surface area (Å²) in [5.74, 6) is -0.447. The highest BCUT2D eigenvalue weighted by Gasteiger charge is 2.44. The third-order valence-corrected chi connectivity index (χ3v) is 7.84. The predicted molar refractivity (Wildman–Crippen MR) is 88.5 cm³/mol. The standard InChI is InChI=1S/C15H23NO5S2/c1-4-16(14-9-22(18,19)10-15(14)17)23(20,21)13-7-5-12(6-8-13)11(2)3/h5-8,11,14-15,17H,4,9-10H2,1-3H3/t14-,15-/m1/s1. The van der Waals surface area contributed by atoms with Crippen LogP contribution in [-0.4, -0.2) is 56.4 Å². The van der Waals surface area contributed by atoms with Crippen molar-refractivity contribution in [2.75, 3.05) is 18.1 Å². The fourth-order valence-corrected chi connectivity index (χ4v) is 6.39. The average molecular weight is 361 g/mol. The Labute approximate surface area is 138 Å². The van der Waals surface area contributed by atoms with Gasteiger partial charge >= 0.3 is 0 Å². The minimum atomic E-state index is -3.85. The van der Waals surface area contributed by atoms with Gasteiger partial charge < -0.3 is 5.11 Å². The molecule has 0 aromatic heterocycles. The molecule has 6 nitrogen and oxygen atoms in total. The Morgan fingerprint density at radius 1 is 1.22 bits per heavy atom. The SMILES string of the molecule is CCN([C@@H]1CS(=O)(=O)C[C@H]1O)S(=O)(=O)c1ccc(C(C)C)cc1. The number of aliphatic hydroxyl groups is 1. The Morgan fingerprint density at radius 2 is 1.78 bits per heavy atom. The lowest BCUT2D eigenvalue weighted by molar-refractivity contribution is 0.130. The van der Waals surface area contributed by atoms with Crippen molar-refractivity contribution in [3.8, 4) is 0 Å². The predicted octanol–water partition coefficient (Wildman–Crippen LogP) is 0.978. The van der Waals surface area contributed by atoms with Crippen molar-refractivity contribution in [1.29, 1.82) is 0 Å². The largest absolute Gasteiger partial charge is 0.390 e. The van der Waals surface area contributed by atoms with Crippen LogP contribution >= 0.6 is 0 Å². The number of aliphatic hydroxyl groups excluding tert-OH is 1. The van der Waals surface area contributed by atoms with Gasteiger partial charge in [0.2, 0.25) is 10.0 Å². The highest BCUT2D eigenvalue weighted by molar-refractivity contribution is 7.92. The molecule has 0 bridgehead atoms. The van der Waals surface area contributed by atoms with E-state index >= 15 is 0 Å².